The highest BCUT2D eigenvalue weighted by molar-refractivity contribution is 5.84. The van der Waals surface area contributed by atoms with E-state index >= 15 is 0 Å². The predicted molar refractivity (Wildman–Crippen MR) is 71.7 cm³/mol. The van der Waals surface area contributed by atoms with Gasteiger partial charge in [-0.3, -0.25) is 0 Å². The van der Waals surface area contributed by atoms with E-state index in [9.17, 15) is 4.79 Å². The van der Waals surface area contributed by atoms with Crippen LogP contribution in [0.4, 0.5) is 0 Å². The minimum absolute atomic E-state index is 0.0563. The van der Waals surface area contributed by atoms with Crippen LogP contribution in [0.15, 0.2) is 34.9 Å². The van der Waals surface area contributed by atoms with Crippen molar-refractivity contribution < 1.29 is 19.1 Å². The Morgan fingerprint density at radius 2 is 2.30 bits per heavy atom. The van der Waals surface area contributed by atoms with E-state index in [1.54, 1.807) is 19.4 Å². The lowest BCUT2D eigenvalue weighted by Crippen LogP contribution is -2.17. The summed E-state index contributed by atoms with van der Waals surface area (Å²) in [5.74, 6) is 0.0214. The molecule has 0 saturated carbocycles. The van der Waals surface area contributed by atoms with E-state index in [2.05, 4.69) is 10.3 Å². The van der Waals surface area contributed by atoms with Crippen molar-refractivity contribution in [3.05, 3.63) is 47.5 Å². The largest absolute Gasteiger partial charge is 0.481 e. The van der Waals surface area contributed by atoms with Crippen LogP contribution in [0.25, 0.3) is 0 Å². The number of carboxylic acid groups (broad SMARTS) is 1. The zero-order chi connectivity index (χ0) is 14.5. The van der Waals surface area contributed by atoms with Crippen LogP contribution < -0.4 is 10.1 Å². The van der Waals surface area contributed by atoms with E-state index in [1.807, 2.05) is 19.1 Å². The number of aromatic carboxylic acids is 1. The number of carboxylic acids is 1. The van der Waals surface area contributed by atoms with Gasteiger partial charge in [0.25, 0.3) is 0 Å². The molecule has 106 valence electrons. The highest BCUT2D eigenvalue weighted by atomic mass is 16.5. The van der Waals surface area contributed by atoms with E-state index < -0.39 is 5.97 Å². The van der Waals surface area contributed by atoms with Crippen molar-refractivity contribution in [2.75, 3.05) is 7.11 Å². The molecule has 0 radical (unpaired) electrons. The molecule has 20 heavy (non-hydrogen) atoms. The van der Waals surface area contributed by atoms with E-state index in [0.29, 0.717) is 18.2 Å². The molecule has 2 heterocycles. The van der Waals surface area contributed by atoms with E-state index in [0.717, 1.165) is 5.56 Å². The van der Waals surface area contributed by atoms with Gasteiger partial charge in [-0.05, 0) is 30.7 Å². The van der Waals surface area contributed by atoms with Gasteiger partial charge >= 0.3 is 5.97 Å². The van der Waals surface area contributed by atoms with Gasteiger partial charge < -0.3 is 19.6 Å². The molecule has 0 aliphatic heterocycles. The number of aromatic nitrogens is 1. The number of rotatable bonds is 6. The molecular formula is C14H16N2O4. The van der Waals surface area contributed by atoms with Crippen molar-refractivity contribution >= 4 is 5.97 Å². The molecule has 0 fully saturated rings. The lowest BCUT2D eigenvalue weighted by atomic mass is 10.2. The summed E-state index contributed by atoms with van der Waals surface area (Å²) < 4.78 is 10.3. The van der Waals surface area contributed by atoms with Crippen molar-refractivity contribution in [3.8, 4) is 5.88 Å². The van der Waals surface area contributed by atoms with Gasteiger partial charge in [0, 0.05) is 18.8 Å². The SMILES string of the molecule is COc1cc(CNC(C)c2ccc(C(=O)O)o2)ccn1. The molecule has 0 aliphatic carbocycles. The van der Waals surface area contributed by atoms with Crippen LogP contribution >= 0.6 is 0 Å². The first-order valence-electron chi connectivity index (χ1n) is 6.15. The fourth-order valence-corrected chi connectivity index (χ4v) is 1.74. The molecule has 0 aromatic carbocycles. The van der Waals surface area contributed by atoms with Crippen LogP contribution in [0.3, 0.4) is 0 Å². The number of methoxy groups -OCH3 is 1. The highest BCUT2D eigenvalue weighted by Crippen LogP contribution is 2.17. The molecule has 6 nitrogen and oxygen atoms in total. The third-order valence-corrected chi connectivity index (χ3v) is 2.89. The molecule has 2 N–H and O–H groups in total. The van der Waals surface area contributed by atoms with Crippen molar-refractivity contribution in [1.82, 2.24) is 10.3 Å². The summed E-state index contributed by atoms with van der Waals surface area (Å²) in [6, 6.07) is 6.74. The Morgan fingerprint density at radius 1 is 1.50 bits per heavy atom. The summed E-state index contributed by atoms with van der Waals surface area (Å²) in [6.45, 7) is 2.51. The van der Waals surface area contributed by atoms with Crippen LogP contribution in [-0.4, -0.2) is 23.2 Å². The summed E-state index contributed by atoms with van der Waals surface area (Å²) in [7, 11) is 1.57. The fraction of sp³-hybridized carbons (Fsp3) is 0.286. The topological polar surface area (TPSA) is 84.6 Å². The summed E-state index contributed by atoms with van der Waals surface area (Å²) in [5.41, 5.74) is 1.02. The van der Waals surface area contributed by atoms with Crippen LogP contribution in [0.1, 0.15) is 34.8 Å². The Bertz CT molecular complexity index is 594. The van der Waals surface area contributed by atoms with Gasteiger partial charge in [0.05, 0.1) is 13.2 Å². The minimum atomic E-state index is -1.07. The van der Waals surface area contributed by atoms with Gasteiger partial charge in [0.15, 0.2) is 0 Å². The number of carbonyl (C=O) groups is 1. The van der Waals surface area contributed by atoms with Crippen molar-refractivity contribution in [3.63, 3.8) is 0 Å². The third-order valence-electron chi connectivity index (χ3n) is 2.89. The van der Waals surface area contributed by atoms with Gasteiger partial charge in [0.2, 0.25) is 11.6 Å². The normalized spacial score (nSPS) is 12.1. The molecular weight excluding hydrogens is 260 g/mol. The van der Waals surface area contributed by atoms with E-state index in [4.69, 9.17) is 14.3 Å². The van der Waals surface area contributed by atoms with Gasteiger partial charge in [-0.2, -0.15) is 0 Å². The van der Waals surface area contributed by atoms with Crippen LogP contribution in [0.5, 0.6) is 5.88 Å². The maximum Gasteiger partial charge on any atom is 0.371 e. The number of hydrogen-bond acceptors (Lipinski definition) is 5. The lowest BCUT2D eigenvalue weighted by Gasteiger charge is -2.11. The molecule has 0 saturated heterocycles. The summed E-state index contributed by atoms with van der Waals surface area (Å²) in [5, 5.41) is 12.1. The van der Waals surface area contributed by atoms with Crippen LogP contribution in [0.2, 0.25) is 0 Å². The Morgan fingerprint density at radius 3 is 2.95 bits per heavy atom. The number of furan rings is 1. The summed E-state index contributed by atoms with van der Waals surface area (Å²) in [4.78, 5) is 14.8. The molecule has 2 rings (SSSR count). The van der Waals surface area contributed by atoms with Crippen LogP contribution in [-0.2, 0) is 6.54 Å². The fourth-order valence-electron chi connectivity index (χ4n) is 1.74. The monoisotopic (exact) mass is 276 g/mol. The van der Waals surface area contributed by atoms with Gasteiger partial charge in [-0.15, -0.1) is 0 Å². The minimum Gasteiger partial charge on any atom is -0.481 e. The van der Waals surface area contributed by atoms with Gasteiger partial charge in [-0.1, -0.05) is 0 Å². The molecule has 1 unspecified atom stereocenters. The quantitative estimate of drug-likeness (QED) is 0.841. The van der Waals surface area contributed by atoms with Crippen molar-refractivity contribution in [1.29, 1.82) is 0 Å². The maximum atomic E-state index is 10.8. The first-order chi connectivity index (χ1) is 9.60. The predicted octanol–water partition coefficient (Wildman–Crippen LogP) is 2.23. The van der Waals surface area contributed by atoms with E-state index in [1.165, 1.54) is 6.07 Å². The average Bonchev–Trinajstić information content (AvgIpc) is 2.95. The molecule has 0 bridgehead atoms. The molecule has 1 atom stereocenters. The highest BCUT2D eigenvalue weighted by Gasteiger charge is 2.13. The second-order valence-electron chi connectivity index (χ2n) is 4.32. The molecule has 2 aromatic heterocycles. The number of hydrogen-bond donors (Lipinski definition) is 2. The van der Waals surface area contributed by atoms with Crippen molar-refractivity contribution in [2.45, 2.75) is 19.5 Å². The smallest absolute Gasteiger partial charge is 0.371 e. The standard InChI is InChI=1S/C14H16N2O4/c1-9(11-3-4-12(20-11)14(17)18)16-8-10-5-6-15-13(7-10)19-2/h3-7,9,16H,8H2,1-2H3,(H,17,18). The summed E-state index contributed by atoms with van der Waals surface area (Å²) in [6.07, 6.45) is 1.68. The second kappa shape index (κ2) is 6.21. The first-order valence-corrected chi connectivity index (χ1v) is 6.15. The lowest BCUT2D eigenvalue weighted by molar-refractivity contribution is 0.0659. The van der Waals surface area contributed by atoms with Crippen molar-refractivity contribution in [2.24, 2.45) is 0 Å². The second-order valence-corrected chi connectivity index (χ2v) is 4.32. The Hall–Kier alpha value is -2.34. The molecule has 2 aromatic rings. The average molecular weight is 276 g/mol. The Balaban J connectivity index is 1.96. The zero-order valence-electron chi connectivity index (χ0n) is 11.3. The third kappa shape index (κ3) is 3.36. The number of nitrogens with zero attached hydrogens (tertiary/aromatic N) is 1. The molecule has 0 spiro atoms. The Kier molecular flexibility index (Phi) is 4.37. The van der Waals surface area contributed by atoms with E-state index in [-0.39, 0.29) is 11.8 Å². The number of pyridine rings is 1. The summed E-state index contributed by atoms with van der Waals surface area (Å²) >= 11 is 0. The number of ether oxygens (including phenoxy) is 1. The van der Waals surface area contributed by atoms with Crippen LogP contribution in [0, 0.1) is 0 Å². The molecule has 0 amide bonds. The zero-order valence-corrected chi connectivity index (χ0v) is 11.3. The molecule has 0 aliphatic rings. The van der Waals surface area contributed by atoms with Gasteiger partial charge in [-0.25, -0.2) is 9.78 Å². The Labute approximate surface area is 116 Å². The first kappa shape index (κ1) is 14.1. The molecule has 6 heteroatoms. The number of nitrogens with one attached hydrogen (secondary N) is 1. The maximum absolute atomic E-state index is 10.8. The van der Waals surface area contributed by atoms with Gasteiger partial charge in [0.1, 0.15) is 5.76 Å².